The minimum atomic E-state index is -0.862. The smallest absolute Gasteiger partial charge is 0.337 e. The molecule has 0 aliphatic carbocycles. The molecule has 1 aromatic carbocycles. The number of carbonyl (C=O) groups is 1. The summed E-state index contributed by atoms with van der Waals surface area (Å²) in [4.78, 5) is 13.7. The van der Waals surface area contributed by atoms with Gasteiger partial charge in [-0.2, -0.15) is 0 Å². The van der Waals surface area contributed by atoms with Crippen LogP contribution in [0.15, 0.2) is 24.3 Å². The highest BCUT2D eigenvalue weighted by Gasteiger charge is 2.17. The van der Waals surface area contributed by atoms with Gasteiger partial charge in [0.1, 0.15) is 0 Å². The van der Waals surface area contributed by atoms with Gasteiger partial charge in [0.25, 0.3) is 0 Å². The fourth-order valence-electron chi connectivity index (χ4n) is 2.97. The van der Waals surface area contributed by atoms with Crippen molar-refractivity contribution in [3.05, 3.63) is 35.5 Å². The molecule has 1 aromatic heterocycles. The number of hydrogen-bond acceptors (Lipinski definition) is 2. The lowest BCUT2D eigenvalue weighted by Gasteiger charge is -2.15. The van der Waals surface area contributed by atoms with E-state index in [0.717, 1.165) is 30.5 Å². The zero-order valence-electron chi connectivity index (χ0n) is 11.1. The molecule has 3 rings (SSSR count). The van der Waals surface area contributed by atoms with Gasteiger partial charge in [-0.1, -0.05) is 12.1 Å². The molecule has 0 atom stereocenters. The van der Waals surface area contributed by atoms with Crippen molar-refractivity contribution in [3.63, 3.8) is 0 Å². The average Bonchev–Trinajstić information content (AvgIpc) is 2.99. The van der Waals surface area contributed by atoms with Gasteiger partial charge < -0.3 is 9.67 Å². The van der Waals surface area contributed by atoms with E-state index in [9.17, 15) is 9.90 Å². The third-order valence-electron chi connectivity index (χ3n) is 3.97. The molecule has 4 nitrogen and oxygen atoms in total. The minimum Gasteiger partial charge on any atom is -0.478 e. The molecule has 0 radical (unpaired) electrons. The van der Waals surface area contributed by atoms with E-state index in [-0.39, 0.29) is 0 Å². The number of benzene rings is 1. The molecule has 0 unspecified atom stereocenters. The van der Waals surface area contributed by atoms with Crippen LogP contribution in [-0.4, -0.2) is 33.6 Å². The first-order valence-corrected chi connectivity index (χ1v) is 6.70. The van der Waals surface area contributed by atoms with Crippen LogP contribution in [0.5, 0.6) is 0 Å². The van der Waals surface area contributed by atoms with Gasteiger partial charge in [-0.3, -0.25) is 4.90 Å². The number of aryl methyl sites for hydroxylation is 1. The van der Waals surface area contributed by atoms with Crippen LogP contribution in [0.3, 0.4) is 0 Å². The van der Waals surface area contributed by atoms with Gasteiger partial charge in [-0.15, -0.1) is 0 Å². The fourth-order valence-corrected chi connectivity index (χ4v) is 2.97. The Hall–Kier alpha value is -1.81. The molecule has 0 saturated carbocycles. The Morgan fingerprint density at radius 2 is 2.05 bits per heavy atom. The molecule has 0 amide bonds. The molecule has 4 heteroatoms. The quantitative estimate of drug-likeness (QED) is 0.920. The number of para-hydroxylation sites is 1. The van der Waals surface area contributed by atoms with E-state index in [1.807, 2.05) is 23.7 Å². The number of fused-ring (bicyclic) bond motifs is 1. The zero-order valence-corrected chi connectivity index (χ0v) is 11.1. The monoisotopic (exact) mass is 258 g/mol. The second-order valence-electron chi connectivity index (χ2n) is 5.23. The van der Waals surface area contributed by atoms with Crippen molar-refractivity contribution in [2.45, 2.75) is 19.4 Å². The number of rotatable bonds is 3. The van der Waals surface area contributed by atoms with Crippen molar-refractivity contribution in [2.24, 2.45) is 7.05 Å². The van der Waals surface area contributed by atoms with E-state index in [1.54, 1.807) is 6.07 Å². The predicted molar refractivity (Wildman–Crippen MR) is 74.4 cm³/mol. The normalized spacial score (nSPS) is 16.3. The van der Waals surface area contributed by atoms with Crippen molar-refractivity contribution in [1.82, 2.24) is 9.47 Å². The van der Waals surface area contributed by atoms with E-state index >= 15 is 0 Å². The molecule has 2 heterocycles. The molecule has 1 aliphatic heterocycles. The van der Waals surface area contributed by atoms with Crippen LogP contribution in [0.2, 0.25) is 0 Å². The van der Waals surface area contributed by atoms with Crippen LogP contribution in [-0.2, 0) is 13.6 Å². The molecule has 19 heavy (non-hydrogen) atoms. The maximum absolute atomic E-state index is 11.3. The number of aromatic nitrogens is 1. The van der Waals surface area contributed by atoms with Gasteiger partial charge in [0.15, 0.2) is 0 Å². The zero-order chi connectivity index (χ0) is 13.4. The number of aromatic carboxylic acids is 1. The van der Waals surface area contributed by atoms with Crippen LogP contribution in [0.4, 0.5) is 0 Å². The maximum Gasteiger partial charge on any atom is 0.337 e. The number of nitrogens with zero attached hydrogens (tertiary/aromatic N) is 2. The summed E-state index contributed by atoms with van der Waals surface area (Å²) in [6.07, 6.45) is 2.54. The Kier molecular flexibility index (Phi) is 3.03. The van der Waals surface area contributed by atoms with Gasteiger partial charge in [-0.25, -0.2) is 4.79 Å². The van der Waals surface area contributed by atoms with Crippen molar-refractivity contribution < 1.29 is 9.90 Å². The van der Waals surface area contributed by atoms with Crippen molar-refractivity contribution >= 4 is 16.9 Å². The van der Waals surface area contributed by atoms with Crippen LogP contribution in [0.25, 0.3) is 10.9 Å². The first-order chi connectivity index (χ1) is 9.16. The highest BCUT2D eigenvalue weighted by atomic mass is 16.4. The van der Waals surface area contributed by atoms with Crippen LogP contribution < -0.4 is 0 Å². The Balaban J connectivity index is 2.04. The van der Waals surface area contributed by atoms with Crippen LogP contribution in [0, 0.1) is 0 Å². The Morgan fingerprint density at radius 3 is 2.74 bits per heavy atom. The first kappa shape index (κ1) is 12.2. The third-order valence-corrected chi connectivity index (χ3v) is 3.97. The lowest BCUT2D eigenvalue weighted by Crippen LogP contribution is -2.20. The summed E-state index contributed by atoms with van der Waals surface area (Å²) in [7, 11) is 1.96. The molecule has 1 saturated heterocycles. The molecule has 2 aromatic rings. The van der Waals surface area contributed by atoms with E-state index in [1.165, 1.54) is 18.5 Å². The molecule has 0 spiro atoms. The van der Waals surface area contributed by atoms with E-state index in [0.29, 0.717) is 5.56 Å². The number of carboxylic acids is 1. The van der Waals surface area contributed by atoms with E-state index in [2.05, 4.69) is 11.0 Å². The molecule has 1 aliphatic rings. The summed E-state index contributed by atoms with van der Waals surface area (Å²) in [5.74, 6) is -0.862. The van der Waals surface area contributed by atoms with Crippen LogP contribution in [0.1, 0.15) is 28.9 Å². The molecule has 1 N–H and O–H groups in total. The molecule has 0 bridgehead atoms. The topological polar surface area (TPSA) is 45.5 Å². The Morgan fingerprint density at radius 1 is 1.32 bits per heavy atom. The largest absolute Gasteiger partial charge is 0.478 e. The molecular formula is C15H18N2O2. The number of hydrogen-bond donors (Lipinski definition) is 1. The van der Waals surface area contributed by atoms with Gasteiger partial charge in [0, 0.05) is 24.7 Å². The summed E-state index contributed by atoms with van der Waals surface area (Å²) in [6, 6.07) is 7.57. The highest BCUT2D eigenvalue weighted by Crippen LogP contribution is 2.24. The summed E-state index contributed by atoms with van der Waals surface area (Å²) in [5, 5.41) is 10.3. The van der Waals surface area contributed by atoms with Gasteiger partial charge in [-0.05, 0) is 38.1 Å². The standard InChI is InChI=1S/C15H18N2O2/c1-16-12(10-17-7-2-3-8-17)9-11-5-4-6-13(14(11)16)15(18)19/h4-6,9H,2-3,7-8,10H2,1H3,(H,18,19). The first-order valence-electron chi connectivity index (χ1n) is 6.70. The Labute approximate surface area is 112 Å². The summed E-state index contributed by atoms with van der Waals surface area (Å²) in [6.45, 7) is 3.20. The molecular weight excluding hydrogens is 240 g/mol. The van der Waals surface area contributed by atoms with Gasteiger partial charge >= 0.3 is 5.97 Å². The summed E-state index contributed by atoms with van der Waals surface area (Å²) in [5.41, 5.74) is 2.39. The fraction of sp³-hybridized carbons (Fsp3) is 0.400. The lowest BCUT2D eigenvalue weighted by atomic mass is 10.1. The third kappa shape index (κ3) is 2.12. The van der Waals surface area contributed by atoms with Gasteiger partial charge in [0.2, 0.25) is 0 Å². The predicted octanol–water partition coefficient (Wildman–Crippen LogP) is 2.47. The van der Waals surface area contributed by atoms with E-state index < -0.39 is 5.97 Å². The second-order valence-corrected chi connectivity index (χ2v) is 5.23. The SMILES string of the molecule is Cn1c(CN2CCCC2)cc2cccc(C(=O)O)c21. The van der Waals surface area contributed by atoms with Crippen molar-refractivity contribution in [2.75, 3.05) is 13.1 Å². The average molecular weight is 258 g/mol. The lowest BCUT2D eigenvalue weighted by molar-refractivity contribution is 0.0698. The summed E-state index contributed by atoms with van der Waals surface area (Å²) < 4.78 is 2.02. The maximum atomic E-state index is 11.3. The Bertz CT molecular complexity index is 624. The summed E-state index contributed by atoms with van der Waals surface area (Å²) >= 11 is 0. The highest BCUT2D eigenvalue weighted by molar-refractivity contribution is 6.02. The van der Waals surface area contributed by atoms with Crippen molar-refractivity contribution in [1.29, 1.82) is 0 Å². The molecule has 1 fully saturated rings. The van der Waals surface area contributed by atoms with E-state index in [4.69, 9.17) is 0 Å². The van der Waals surface area contributed by atoms with Gasteiger partial charge in [0.05, 0.1) is 11.1 Å². The van der Waals surface area contributed by atoms with Crippen LogP contribution >= 0.6 is 0 Å². The second kappa shape index (κ2) is 4.70. The minimum absolute atomic E-state index is 0.382. The number of carboxylic acid groups (broad SMARTS) is 1. The van der Waals surface area contributed by atoms with Crippen molar-refractivity contribution in [3.8, 4) is 0 Å². The molecule has 100 valence electrons. The number of likely N-dealkylation sites (tertiary alicyclic amines) is 1.